The minimum atomic E-state index is 0.242. The predicted molar refractivity (Wildman–Crippen MR) is 88.1 cm³/mol. The van der Waals surface area contributed by atoms with Crippen LogP contribution in [-0.2, 0) is 13.0 Å². The maximum Gasteiger partial charge on any atom is 0.123 e. The van der Waals surface area contributed by atoms with Crippen LogP contribution in [0.5, 0.6) is 5.75 Å². The van der Waals surface area contributed by atoms with E-state index in [1.54, 1.807) is 0 Å². The Labute approximate surface area is 135 Å². The molecule has 0 saturated carbocycles. The van der Waals surface area contributed by atoms with Crippen molar-refractivity contribution in [2.24, 2.45) is 0 Å². The molecule has 0 aliphatic carbocycles. The van der Waals surface area contributed by atoms with E-state index in [0.29, 0.717) is 0 Å². The van der Waals surface area contributed by atoms with Crippen LogP contribution in [0.4, 0.5) is 0 Å². The SMILES string of the molecule is Brc1ccc(CNCC2Cc3ccccc3O2)cc1Br. The summed E-state index contributed by atoms with van der Waals surface area (Å²) in [4.78, 5) is 0. The molecular formula is C16H15Br2NO. The average molecular weight is 397 g/mol. The molecule has 3 rings (SSSR count). The molecule has 1 N–H and O–H groups in total. The summed E-state index contributed by atoms with van der Waals surface area (Å²) in [5, 5.41) is 3.46. The topological polar surface area (TPSA) is 21.3 Å². The first-order chi connectivity index (χ1) is 9.72. The van der Waals surface area contributed by atoms with E-state index >= 15 is 0 Å². The van der Waals surface area contributed by atoms with Crippen LogP contribution in [0.2, 0.25) is 0 Å². The Morgan fingerprint density at radius 1 is 1.10 bits per heavy atom. The second-order valence-electron chi connectivity index (χ2n) is 4.93. The van der Waals surface area contributed by atoms with Crippen LogP contribution in [0.1, 0.15) is 11.1 Å². The maximum atomic E-state index is 5.91. The lowest BCUT2D eigenvalue weighted by atomic mass is 10.1. The minimum absolute atomic E-state index is 0.242. The van der Waals surface area contributed by atoms with Crippen molar-refractivity contribution in [1.82, 2.24) is 5.32 Å². The zero-order valence-corrected chi connectivity index (χ0v) is 14.1. The van der Waals surface area contributed by atoms with Gasteiger partial charge in [0.25, 0.3) is 0 Å². The Hall–Kier alpha value is -0.840. The molecule has 0 saturated heterocycles. The fourth-order valence-electron chi connectivity index (χ4n) is 2.39. The molecule has 0 spiro atoms. The summed E-state index contributed by atoms with van der Waals surface area (Å²) in [6, 6.07) is 14.6. The zero-order valence-electron chi connectivity index (χ0n) is 10.9. The van der Waals surface area contributed by atoms with E-state index in [-0.39, 0.29) is 6.10 Å². The van der Waals surface area contributed by atoms with Crippen molar-refractivity contribution in [3.05, 3.63) is 62.5 Å². The Bertz CT molecular complexity index is 590. The van der Waals surface area contributed by atoms with Gasteiger partial charge in [0.2, 0.25) is 0 Å². The van der Waals surface area contributed by atoms with E-state index in [2.05, 4.69) is 67.5 Å². The molecule has 0 amide bonds. The summed E-state index contributed by atoms with van der Waals surface area (Å²) >= 11 is 7.01. The van der Waals surface area contributed by atoms with Gasteiger partial charge in [-0.2, -0.15) is 0 Å². The van der Waals surface area contributed by atoms with Crippen molar-refractivity contribution < 1.29 is 4.74 Å². The summed E-state index contributed by atoms with van der Waals surface area (Å²) in [5.41, 5.74) is 2.57. The van der Waals surface area contributed by atoms with E-state index in [9.17, 15) is 0 Å². The second kappa shape index (κ2) is 6.29. The number of benzene rings is 2. The quantitative estimate of drug-likeness (QED) is 0.831. The lowest BCUT2D eigenvalue weighted by Gasteiger charge is -2.12. The molecule has 4 heteroatoms. The normalized spacial score (nSPS) is 16.8. The van der Waals surface area contributed by atoms with Crippen molar-refractivity contribution >= 4 is 31.9 Å². The summed E-state index contributed by atoms with van der Waals surface area (Å²) in [7, 11) is 0. The largest absolute Gasteiger partial charge is 0.488 e. The molecule has 1 atom stereocenters. The standard InChI is InChI=1S/C16H15Br2NO/c17-14-6-5-11(7-15(14)18)9-19-10-13-8-12-3-1-2-4-16(12)20-13/h1-7,13,19H,8-10H2. The van der Waals surface area contributed by atoms with Crippen molar-refractivity contribution in [2.45, 2.75) is 19.1 Å². The molecule has 1 heterocycles. The van der Waals surface area contributed by atoms with E-state index in [4.69, 9.17) is 4.74 Å². The Kier molecular flexibility index (Phi) is 4.44. The number of hydrogen-bond donors (Lipinski definition) is 1. The van der Waals surface area contributed by atoms with Gasteiger partial charge >= 0.3 is 0 Å². The summed E-state index contributed by atoms with van der Waals surface area (Å²) in [6.07, 6.45) is 1.24. The van der Waals surface area contributed by atoms with Crippen LogP contribution < -0.4 is 10.1 Å². The van der Waals surface area contributed by atoms with Crippen LogP contribution >= 0.6 is 31.9 Å². The van der Waals surface area contributed by atoms with Gasteiger partial charge in [-0.1, -0.05) is 24.3 Å². The number of rotatable bonds is 4. The maximum absolute atomic E-state index is 5.91. The van der Waals surface area contributed by atoms with Gasteiger partial charge in [0.1, 0.15) is 11.9 Å². The molecule has 1 unspecified atom stereocenters. The molecule has 0 radical (unpaired) electrons. The van der Waals surface area contributed by atoms with E-state index in [1.165, 1.54) is 11.1 Å². The van der Waals surface area contributed by atoms with Gasteiger partial charge in [0, 0.05) is 28.5 Å². The monoisotopic (exact) mass is 395 g/mol. The third-order valence-electron chi connectivity index (χ3n) is 3.40. The molecule has 1 aliphatic heterocycles. The first-order valence-corrected chi connectivity index (χ1v) is 8.20. The summed E-state index contributed by atoms with van der Waals surface area (Å²) < 4.78 is 8.07. The highest BCUT2D eigenvalue weighted by Gasteiger charge is 2.21. The van der Waals surface area contributed by atoms with Crippen LogP contribution in [-0.4, -0.2) is 12.6 Å². The first-order valence-electron chi connectivity index (χ1n) is 6.61. The highest BCUT2D eigenvalue weighted by atomic mass is 79.9. The predicted octanol–water partition coefficient (Wildman–Crippen LogP) is 4.30. The molecular weight excluding hydrogens is 382 g/mol. The first kappa shape index (κ1) is 14.1. The number of fused-ring (bicyclic) bond motifs is 1. The number of ether oxygens (including phenoxy) is 1. The lowest BCUT2D eigenvalue weighted by Crippen LogP contribution is -2.29. The molecule has 2 aromatic carbocycles. The summed E-state index contributed by atoms with van der Waals surface area (Å²) in [6.45, 7) is 1.71. The third kappa shape index (κ3) is 3.25. The summed E-state index contributed by atoms with van der Waals surface area (Å²) in [5.74, 6) is 1.03. The van der Waals surface area contributed by atoms with Crippen LogP contribution in [0.15, 0.2) is 51.4 Å². The fraction of sp³-hybridized carbons (Fsp3) is 0.250. The zero-order chi connectivity index (χ0) is 13.9. The smallest absolute Gasteiger partial charge is 0.123 e. The third-order valence-corrected chi connectivity index (χ3v) is 5.28. The van der Waals surface area contributed by atoms with Crippen molar-refractivity contribution in [3.63, 3.8) is 0 Å². The van der Waals surface area contributed by atoms with E-state index in [0.717, 1.165) is 34.2 Å². The number of hydrogen-bond acceptors (Lipinski definition) is 2. The van der Waals surface area contributed by atoms with Gasteiger partial charge in [-0.05, 0) is 61.2 Å². The van der Waals surface area contributed by atoms with Crippen molar-refractivity contribution in [2.75, 3.05) is 6.54 Å². The molecule has 2 aromatic rings. The van der Waals surface area contributed by atoms with Crippen LogP contribution in [0.25, 0.3) is 0 Å². The second-order valence-corrected chi connectivity index (χ2v) is 6.64. The fourth-order valence-corrected chi connectivity index (χ4v) is 3.07. The molecule has 2 nitrogen and oxygen atoms in total. The highest BCUT2D eigenvalue weighted by molar-refractivity contribution is 9.13. The minimum Gasteiger partial charge on any atom is -0.488 e. The molecule has 20 heavy (non-hydrogen) atoms. The van der Waals surface area contributed by atoms with Gasteiger partial charge in [-0.15, -0.1) is 0 Å². The molecule has 0 aromatic heterocycles. The van der Waals surface area contributed by atoms with E-state index < -0.39 is 0 Å². The molecule has 0 bridgehead atoms. The lowest BCUT2D eigenvalue weighted by molar-refractivity contribution is 0.227. The molecule has 104 valence electrons. The number of halogens is 2. The Balaban J connectivity index is 1.51. The van der Waals surface area contributed by atoms with Gasteiger partial charge in [0.15, 0.2) is 0 Å². The van der Waals surface area contributed by atoms with Gasteiger partial charge in [-0.25, -0.2) is 0 Å². The van der Waals surface area contributed by atoms with Crippen molar-refractivity contribution in [3.8, 4) is 5.75 Å². The van der Waals surface area contributed by atoms with Crippen molar-refractivity contribution in [1.29, 1.82) is 0 Å². The van der Waals surface area contributed by atoms with Crippen LogP contribution in [0, 0.1) is 0 Å². The number of nitrogens with one attached hydrogen (secondary N) is 1. The van der Waals surface area contributed by atoms with E-state index in [1.807, 2.05) is 12.1 Å². The molecule has 1 aliphatic rings. The Morgan fingerprint density at radius 2 is 1.95 bits per heavy atom. The van der Waals surface area contributed by atoms with Gasteiger partial charge in [0.05, 0.1) is 0 Å². The highest BCUT2D eigenvalue weighted by Crippen LogP contribution is 2.28. The molecule has 0 fully saturated rings. The van der Waals surface area contributed by atoms with Crippen LogP contribution in [0.3, 0.4) is 0 Å². The number of para-hydroxylation sites is 1. The van der Waals surface area contributed by atoms with Gasteiger partial charge in [-0.3, -0.25) is 0 Å². The average Bonchev–Trinajstić information content (AvgIpc) is 2.85. The Morgan fingerprint density at radius 3 is 2.75 bits per heavy atom. The van der Waals surface area contributed by atoms with Gasteiger partial charge < -0.3 is 10.1 Å².